The number of hydrogen-bond donors (Lipinski definition) is 1. The molecule has 3 rings (SSSR count). The van der Waals surface area contributed by atoms with Gasteiger partial charge in [0.15, 0.2) is 5.16 Å². The number of nitrogens with one attached hydrogen (secondary N) is 1. The number of nitrogens with zero attached hydrogens (tertiary/aromatic N) is 3. The number of aromatic nitrogens is 4. The highest BCUT2D eigenvalue weighted by atomic mass is 32.2. The van der Waals surface area contributed by atoms with Gasteiger partial charge in [0.1, 0.15) is 0 Å². The maximum atomic E-state index is 11.6. The van der Waals surface area contributed by atoms with E-state index in [1.807, 2.05) is 11.3 Å². The van der Waals surface area contributed by atoms with Crippen LogP contribution in [0.4, 0.5) is 0 Å². The first-order valence-corrected chi connectivity index (χ1v) is 8.23. The minimum absolute atomic E-state index is 0.136. The highest BCUT2D eigenvalue weighted by molar-refractivity contribution is 7.98. The quantitative estimate of drug-likeness (QED) is 0.752. The van der Waals surface area contributed by atoms with Crippen molar-refractivity contribution in [2.45, 2.75) is 38.1 Å². The van der Waals surface area contributed by atoms with Crippen molar-refractivity contribution >= 4 is 17.5 Å². The third-order valence-corrected chi connectivity index (χ3v) is 4.65. The van der Waals surface area contributed by atoms with E-state index in [1.54, 1.807) is 17.8 Å². The molecule has 0 spiro atoms. The van der Waals surface area contributed by atoms with Crippen LogP contribution >= 0.6 is 11.8 Å². The van der Waals surface area contributed by atoms with Crippen LogP contribution in [0.5, 0.6) is 0 Å². The number of rotatable bonds is 4. The first-order chi connectivity index (χ1) is 10.6. The number of hydrogen-bond acceptors (Lipinski definition) is 4. The molecule has 22 heavy (non-hydrogen) atoms. The molecule has 0 radical (unpaired) electrons. The molecule has 0 unspecified atom stereocenters. The van der Waals surface area contributed by atoms with Gasteiger partial charge in [0.05, 0.1) is 0 Å². The molecule has 0 bridgehead atoms. The van der Waals surface area contributed by atoms with Crippen molar-refractivity contribution < 1.29 is 0 Å². The number of aromatic amines is 1. The Hall–Kier alpha value is -2.08. The van der Waals surface area contributed by atoms with Gasteiger partial charge in [-0.2, -0.15) is 0 Å². The summed E-state index contributed by atoms with van der Waals surface area (Å²) in [6.07, 6.45) is 0.759. The highest BCUT2D eigenvalue weighted by Gasteiger charge is 2.11. The fraction of sp³-hybridized carbons (Fsp3) is 0.312. The Labute approximate surface area is 132 Å². The molecule has 3 aromatic rings. The van der Waals surface area contributed by atoms with Crippen molar-refractivity contribution in [3.05, 3.63) is 57.0 Å². The minimum Gasteiger partial charge on any atom is -0.291 e. The standard InChI is InChI=1S/C16H18N4OS/c1-4-13-8-14(21)17-15-18-19-16(20(13)15)22-9-12-7-10(2)5-6-11(12)3/h5-8H,4,9H2,1-3H3,(H,17,18,21). The predicted octanol–water partition coefficient (Wildman–Crippen LogP) is 2.89. The van der Waals surface area contributed by atoms with E-state index in [9.17, 15) is 4.79 Å². The van der Waals surface area contributed by atoms with E-state index in [2.05, 4.69) is 47.2 Å². The molecule has 114 valence electrons. The summed E-state index contributed by atoms with van der Waals surface area (Å²) in [6.45, 7) is 6.24. The summed E-state index contributed by atoms with van der Waals surface area (Å²) in [5, 5.41) is 9.10. The molecule has 0 amide bonds. The molecule has 6 heteroatoms. The number of fused-ring (bicyclic) bond motifs is 1. The number of thioether (sulfide) groups is 1. The fourth-order valence-electron chi connectivity index (χ4n) is 2.42. The molecule has 0 aliphatic carbocycles. The first-order valence-electron chi connectivity index (χ1n) is 7.24. The number of benzene rings is 1. The molecule has 0 saturated carbocycles. The minimum atomic E-state index is -0.136. The summed E-state index contributed by atoms with van der Waals surface area (Å²) in [4.78, 5) is 14.3. The van der Waals surface area contributed by atoms with Crippen molar-refractivity contribution in [2.75, 3.05) is 0 Å². The molecule has 0 atom stereocenters. The van der Waals surface area contributed by atoms with Crippen LogP contribution in [0.1, 0.15) is 29.3 Å². The van der Waals surface area contributed by atoms with E-state index in [0.717, 1.165) is 23.0 Å². The molecular weight excluding hydrogens is 296 g/mol. The molecule has 0 saturated heterocycles. The van der Waals surface area contributed by atoms with E-state index in [-0.39, 0.29) is 5.56 Å². The molecule has 1 aromatic carbocycles. The Morgan fingerprint density at radius 3 is 2.82 bits per heavy atom. The lowest BCUT2D eigenvalue weighted by atomic mass is 10.1. The normalized spacial score (nSPS) is 11.2. The summed E-state index contributed by atoms with van der Waals surface area (Å²) in [6, 6.07) is 8.07. The van der Waals surface area contributed by atoms with Crippen LogP contribution in [0.15, 0.2) is 34.2 Å². The lowest BCUT2D eigenvalue weighted by Crippen LogP contribution is -2.11. The van der Waals surface area contributed by atoms with Crippen molar-refractivity contribution in [1.82, 2.24) is 19.6 Å². The van der Waals surface area contributed by atoms with Crippen LogP contribution in [0.25, 0.3) is 5.78 Å². The van der Waals surface area contributed by atoms with Crippen molar-refractivity contribution in [3.63, 3.8) is 0 Å². The van der Waals surface area contributed by atoms with Crippen LogP contribution in [0, 0.1) is 13.8 Å². The van der Waals surface area contributed by atoms with Gasteiger partial charge >= 0.3 is 0 Å². The van der Waals surface area contributed by atoms with Crippen LogP contribution in [-0.4, -0.2) is 19.6 Å². The number of H-pyrrole nitrogens is 1. The number of aryl methyl sites for hydroxylation is 3. The van der Waals surface area contributed by atoms with Crippen molar-refractivity contribution in [2.24, 2.45) is 0 Å². The third kappa shape index (κ3) is 2.78. The van der Waals surface area contributed by atoms with Gasteiger partial charge in [-0.1, -0.05) is 42.4 Å². The first kappa shape index (κ1) is 14.8. The molecular formula is C16H18N4OS. The Balaban J connectivity index is 1.94. The van der Waals surface area contributed by atoms with Crippen LogP contribution < -0.4 is 5.56 Å². The summed E-state index contributed by atoms with van der Waals surface area (Å²) in [7, 11) is 0. The van der Waals surface area contributed by atoms with Crippen molar-refractivity contribution in [3.8, 4) is 0 Å². The molecule has 5 nitrogen and oxygen atoms in total. The van der Waals surface area contributed by atoms with Gasteiger partial charge in [0.25, 0.3) is 5.56 Å². The second-order valence-electron chi connectivity index (χ2n) is 5.34. The van der Waals surface area contributed by atoms with E-state index in [4.69, 9.17) is 0 Å². The molecule has 0 aliphatic rings. The smallest absolute Gasteiger partial charge is 0.252 e. The van der Waals surface area contributed by atoms with Crippen molar-refractivity contribution in [1.29, 1.82) is 0 Å². The van der Waals surface area contributed by atoms with Crippen LogP contribution in [0.3, 0.4) is 0 Å². The molecule has 2 heterocycles. The lowest BCUT2D eigenvalue weighted by Gasteiger charge is -2.07. The second-order valence-corrected chi connectivity index (χ2v) is 6.28. The summed E-state index contributed by atoms with van der Waals surface area (Å²) in [5.74, 6) is 1.34. The average Bonchev–Trinajstić information content (AvgIpc) is 2.90. The van der Waals surface area contributed by atoms with Gasteiger partial charge in [-0.05, 0) is 31.4 Å². The monoisotopic (exact) mass is 314 g/mol. The molecule has 0 fully saturated rings. The Kier molecular flexibility index (Phi) is 4.02. The van der Waals surface area contributed by atoms with E-state index in [0.29, 0.717) is 5.78 Å². The fourth-order valence-corrected chi connectivity index (χ4v) is 3.45. The second kappa shape index (κ2) is 5.96. The maximum absolute atomic E-state index is 11.6. The molecule has 2 aromatic heterocycles. The van der Waals surface area contributed by atoms with E-state index >= 15 is 0 Å². The topological polar surface area (TPSA) is 63.0 Å². The third-order valence-electron chi connectivity index (χ3n) is 3.68. The lowest BCUT2D eigenvalue weighted by molar-refractivity contribution is 0.850. The molecule has 0 aliphatic heterocycles. The average molecular weight is 314 g/mol. The highest BCUT2D eigenvalue weighted by Crippen LogP contribution is 2.24. The Bertz CT molecular complexity index is 881. The summed E-state index contributed by atoms with van der Waals surface area (Å²) in [5.41, 5.74) is 4.61. The van der Waals surface area contributed by atoms with Gasteiger partial charge in [-0.15, -0.1) is 10.2 Å². The predicted molar refractivity (Wildman–Crippen MR) is 88.5 cm³/mol. The zero-order valence-electron chi connectivity index (χ0n) is 12.9. The Morgan fingerprint density at radius 2 is 2.05 bits per heavy atom. The van der Waals surface area contributed by atoms with Gasteiger partial charge in [-0.25, -0.2) is 0 Å². The summed E-state index contributed by atoms with van der Waals surface area (Å²) >= 11 is 1.64. The Morgan fingerprint density at radius 1 is 1.23 bits per heavy atom. The largest absolute Gasteiger partial charge is 0.291 e. The maximum Gasteiger partial charge on any atom is 0.252 e. The zero-order chi connectivity index (χ0) is 15.7. The van der Waals surface area contributed by atoms with E-state index < -0.39 is 0 Å². The molecule has 1 N–H and O–H groups in total. The van der Waals surface area contributed by atoms with E-state index in [1.165, 1.54) is 16.7 Å². The summed E-state index contributed by atoms with van der Waals surface area (Å²) < 4.78 is 1.93. The van der Waals surface area contributed by atoms with Gasteiger partial charge in [0, 0.05) is 17.5 Å². The van der Waals surface area contributed by atoms with Gasteiger partial charge in [0.2, 0.25) is 5.78 Å². The van der Waals surface area contributed by atoms with Crippen LogP contribution in [0.2, 0.25) is 0 Å². The van der Waals surface area contributed by atoms with Gasteiger partial charge < -0.3 is 0 Å². The van der Waals surface area contributed by atoms with Crippen LogP contribution in [-0.2, 0) is 12.2 Å². The van der Waals surface area contributed by atoms with Gasteiger partial charge in [-0.3, -0.25) is 14.2 Å². The SMILES string of the molecule is CCc1cc(=O)[nH]c2nnc(SCc3cc(C)ccc3C)n12. The zero-order valence-corrected chi connectivity index (χ0v) is 13.7.